The van der Waals surface area contributed by atoms with Crippen LogP contribution in [0.25, 0.3) is 22.3 Å². The molecule has 0 radical (unpaired) electrons. The highest BCUT2D eigenvalue weighted by Gasteiger charge is 2.20. The molecule has 3 aromatic carbocycles. The Hall–Kier alpha value is -3.68. The Morgan fingerprint density at radius 1 is 0.974 bits per heavy atom. The third-order valence-corrected chi connectivity index (χ3v) is 7.52. The van der Waals surface area contributed by atoms with Gasteiger partial charge >= 0.3 is 0 Å². The fourth-order valence-corrected chi connectivity index (χ4v) is 5.32. The summed E-state index contributed by atoms with van der Waals surface area (Å²) in [5.41, 5.74) is 3.90. The van der Waals surface area contributed by atoms with Crippen molar-refractivity contribution in [2.45, 2.75) is 13.3 Å². The number of piperazine rings is 1. The summed E-state index contributed by atoms with van der Waals surface area (Å²) in [6.07, 6.45) is 0.970. The molecule has 38 heavy (non-hydrogen) atoms. The number of hydrogen-bond acceptors (Lipinski definition) is 6. The van der Waals surface area contributed by atoms with Crippen molar-refractivity contribution in [3.8, 4) is 17.1 Å². The molecule has 1 N–H and O–H groups in total. The molecule has 0 amide bonds. The molecule has 1 aromatic heterocycles. The van der Waals surface area contributed by atoms with E-state index in [-0.39, 0.29) is 5.43 Å². The van der Waals surface area contributed by atoms with E-state index in [9.17, 15) is 4.79 Å². The molecule has 0 saturated carbocycles. The second-order valence-corrected chi connectivity index (χ2v) is 9.95. The Morgan fingerprint density at radius 3 is 2.47 bits per heavy atom. The van der Waals surface area contributed by atoms with Crippen molar-refractivity contribution in [1.82, 2.24) is 10.2 Å². The van der Waals surface area contributed by atoms with Gasteiger partial charge in [0.15, 0.2) is 5.43 Å². The third-order valence-electron chi connectivity index (χ3n) is 7.16. The molecule has 6 nitrogen and oxygen atoms in total. The molecule has 1 aliphatic rings. The Balaban J connectivity index is 1.19. The van der Waals surface area contributed by atoms with Crippen LogP contribution < -0.4 is 20.4 Å². The Morgan fingerprint density at radius 2 is 1.71 bits per heavy atom. The molecule has 0 unspecified atom stereocenters. The molecule has 1 saturated heterocycles. The largest absolute Gasteiger partial charge is 0.495 e. The van der Waals surface area contributed by atoms with Crippen molar-refractivity contribution >= 4 is 33.9 Å². The van der Waals surface area contributed by atoms with Crippen LogP contribution in [-0.4, -0.2) is 56.3 Å². The topological polar surface area (TPSA) is 58.0 Å². The Kier molecular flexibility index (Phi) is 8.05. The lowest BCUT2D eigenvalue weighted by Crippen LogP contribution is -2.47. The minimum atomic E-state index is -0.0259. The van der Waals surface area contributed by atoms with E-state index in [0.717, 1.165) is 68.3 Å². The summed E-state index contributed by atoms with van der Waals surface area (Å²) in [6.45, 7) is 7.54. The number of para-hydroxylation sites is 3. The first-order valence-electron chi connectivity index (χ1n) is 13.1. The highest BCUT2D eigenvalue weighted by molar-refractivity contribution is 7.80. The molecule has 1 fully saturated rings. The van der Waals surface area contributed by atoms with Crippen LogP contribution in [0.3, 0.4) is 0 Å². The van der Waals surface area contributed by atoms with E-state index in [2.05, 4.69) is 27.2 Å². The molecule has 0 atom stereocenters. The van der Waals surface area contributed by atoms with Gasteiger partial charge in [-0.05, 0) is 44.2 Å². The first-order chi connectivity index (χ1) is 18.6. The van der Waals surface area contributed by atoms with Crippen LogP contribution in [0.1, 0.15) is 17.5 Å². The van der Waals surface area contributed by atoms with Gasteiger partial charge in [0, 0.05) is 43.9 Å². The summed E-state index contributed by atoms with van der Waals surface area (Å²) in [6, 6.07) is 23.5. The van der Waals surface area contributed by atoms with Gasteiger partial charge in [0.05, 0.1) is 23.7 Å². The van der Waals surface area contributed by atoms with E-state index in [4.69, 9.17) is 21.4 Å². The van der Waals surface area contributed by atoms with Crippen LogP contribution in [0.4, 0.5) is 5.69 Å². The van der Waals surface area contributed by atoms with E-state index in [1.165, 1.54) is 0 Å². The lowest BCUT2D eigenvalue weighted by Gasteiger charge is -2.36. The number of nitrogens with zero attached hydrogens (tertiary/aromatic N) is 2. The highest BCUT2D eigenvalue weighted by Crippen LogP contribution is 2.29. The second-order valence-electron chi connectivity index (χ2n) is 9.54. The van der Waals surface area contributed by atoms with Crippen LogP contribution in [0.15, 0.2) is 82.0 Å². The van der Waals surface area contributed by atoms with E-state index < -0.39 is 0 Å². The summed E-state index contributed by atoms with van der Waals surface area (Å²) in [7, 11) is 1.72. The highest BCUT2D eigenvalue weighted by atomic mass is 32.1. The molecule has 0 aliphatic carbocycles. The van der Waals surface area contributed by atoms with Crippen LogP contribution in [0.5, 0.6) is 5.75 Å². The summed E-state index contributed by atoms with van der Waals surface area (Å²) in [5, 5.41) is 3.94. The number of benzene rings is 3. The van der Waals surface area contributed by atoms with Gasteiger partial charge in [-0.1, -0.05) is 60.7 Å². The minimum Gasteiger partial charge on any atom is -0.495 e. The number of thiocarbonyl (C=S) groups is 1. The normalized spacial score (nSPS) is 14.0. The van der Waals surface area contributed by atoms with Crippen molar-refractivity contribution in [1.29, 1.82) is 0 Å². The van der Waals surface area contributed by atoms with Crippen LogP contribution in [0, 0.1) is 6.92 Å². The predicted octanol–water partition coefficient (Wildman–Crippen LogP) is 5.25. The van der Waals surface area contributed by atoms with Gasteiger partial charge in [0.2, 0.25) is 0 Å². The standard InChI is InChI=1S/C31H33N3O3S/c1-22-28(35)24-12-8-13-25(30(24)37-29(22)23-10-4-3-5-11-23)31(38)32-16-9-17-33-18-20-34(21-19-33)26-14-6-7-15-27(26)36-2/h3-8,10-15H,9,16-21H2,1-2H3,(H,32,38). The number of hydrogen-bond donors (Lipinski definition) is 1. The molecule has 0 bridgehead atoms. The smallest absolute Gasteiger partial charge is 0.196 e. The Bertz CT molecular complexity index is 1480. The fraction of sp³-hybridized carbons (Fsp3) is 0.290. The van der Waals surface area contributed by atoms with Crippen molar-refractivity contribution in [3.05, 3.63) is 94.1 Å². The molecule has 1 aliphatic heterocycles. The molecule has 2 heterocycles. The SMILES string of the molecule is COc1ccccc1N1CCN(CCCNC(=S)c2cccc3c(=O)c(C)c(-c4ccccc4)oc23)CC1. The Labute approximate surface area is 228 Å². The lowest BCUT2D eigenvalue weighted by molar-refractivity contribution is 0.254. The zero-order valence-corrected chi connectivity index (χ0v) is 22.7. The van der Waals surface area contributed by atoms with Gasteiger partial charge < -0.3 is 19.4 Å². The van der Waals surface area contributed by atoms with Crippen LogP contribution in [-0.2, 0) is 0 Å². The van der Waals surface area contributed by atoms with Crippen LogP contribution in [0.2, 0.25) is 0 Å². The quantitative estimate of drug-likeness (QED) is 0.248. The summed E-state index contributed by atoms with van der Waals surface area (Å²) >= 11 is 5.74. The van der Waals surface area contributed by atoms with Crippen molar-refractivity contribution in [3.63, 3.8) is 0 Å². The maximum absolute atomic E-state index is 13.1. The van der Waals surface area contributed by atoms with Crippen molar-refractivity contribution in [2.24, 2.45) is 0 Å². The summed E-state index contributed by atoms with van der Waals surface area (Å²) in [5.74, 6) is 1.51. The van der Waals surface area contributed by atoms with E-state index >= 15 is 0 Å². The van der Waals surface area contributed by atoms with Crippen molar-refractivity contribution < 1.29 is 9.15 Å². The second kappa shape index (κ2) is 11.8. The van der Waals surface area contributed by atoms with Gasteiger partial charge in [-0.25, -0.2) is 0 Å². The fourth-order valence-electron chi connectivity index (χ4n) is 5.06. The maximum atomic E-state index is 13.1. The lowest BCUT2D eigenvalue weighted by atomic mass is 10.0. The molecule has 4 aromatic rings. The van der Waals surface area contributed by atoms with Gasteiger partial charge in [0.1, 0.15) is 22.1 Å². The van der Waals surface area contributed by atoms with Gasteiger partial charge in [-0.3, -0.25) is 9.69 Å². The zero-order chi connectivity index (χ0) is 26.5. The maximum Gasteiger partial charge on any atom is 0.196 e. The van der Waals surface area contributed by atoms with Crippen molar-refractivity contribution in [2.75, 3.05) is 51.3 Å². The summed E-state index contributed by atoms with van der Waals surface area (Å²) in [4.78, 5) is 18.6. The number of ether oxygens (including phenoxy) is 1. The predicted molar refractivity (Wildman–Crippen MR) is 159 cm³/mol. The minimum absolute atomic E-state index is 0.0259. The molecular weight excluding hydrogens is 494 g/mol. The number of fused-ring (bicyclic) bond motifs is 1. The number of nitrogens with one attached hydrogen (secondary N) is 1. The molecule has 0 spiro atoms. The first kappa shape index (κ1) is 25.9. The van der Waals surface area contributed by atoms with Crippen LogP contribution >= 0.6 is 12.2 Å². The molecule has 196 valence electrons. The van der Waals surface area contributed by atoms with E-state index in [0.29, 0.717) is 27.3 Å². The van der Waals surface area contributed by atoms with E-state index in [1.54, 1.807) is 13.2 Å². The van der Waals surface area contributed by atoms with Gasteiger partial charge in [-0.2, -0.15) is 0 Å². The summed E-state index contributed by atoms with van der Waals surface area (Å²) < 4.78 is 11.9. The molecular formula is C31H33N3O3S. The van der Waals surface area contributed by atoms with Gasteiger partial charge in [0.25, 0.3) is 0 Å². The average molecular weight is 528 g/mol. The number of anilines is 1. The van der Waals surface area contributed by atoms with E-state index in [1.807, 2.05) is 61.5 Å². The zero-order valence-electron chi connectivity index (χ0n) is 21.9. The number of rotatable bonds is 8. The number of methoxy groups -OCH3 is 1. The molecule has 7 heteroatoms. The average Bonchev–Trinajstić information content (AvgIpc) is 2.97. The first-order valence-corrected chi connectivity index (χ1v) is 13.5. The van der Waals surface area contributed by atoms with Gasteiger partial charge in [-0.15, -0.1) is 0 Å². The molecule has 5 rings (SSSR count). The monoisotopic (exact) mass is 527 g/mol. The third kappa shape index (κ3) is 5.44.